The molecule has 3 heterocycles. The van der Waals surface area contributed by atoms with Gasteiger partial charge in [0.25, 0.3) is 0 Å². The Bertz CT molecular complexity index is 3210. The fourth-order valence-corrected chi connectivity index (χ4v) is 8.71. The molecule has 0 saturated carbocycles. The fraction of sp³-hybridized carbons (Fsp3) is 0. The highest BCUT2D eigenvalue weighted by atomic mass is 32.1. The molecule has 0 fully saturated rings. The van der Waals surface area contributed by atoms with E-state index in [0.29, 0.717) is 23.4 Å². The van der Waals surface area contributed by atoms with Crippen molar-refractivity contribution >= 4 is 64.2 Å². The van der Waals surface area contributed by atoms with Crippen LogP contribution in [0.25, 0.3) is 110 Å². The number of hydrogen-bond donors (Lipinski definition) is 0. The van der Waals surface area contributed by atoms with Gasteiger partial charge in [0.05, 0.1) is 0 Å². The van der Waals surface area contributed by atoms with Gasteiger partial charge in [0.2, 0.25) is 5.89 Å². The number of nitrogens with zero attached hydrogens (tertiary/aromatic N) is 4. The standard InChI is InChI=1S/C48H28N4OS/c1-3-12-30(13-4-1)45-50-46(31-24-22-29(23-25-31)38-26-33-16-7-8-17-34(33)35-18-9-10-19-36(35)38)52-47(51-45)37-20-11-21-42-44(37)39-27-40-41(28-43(39)54-42)53-48(49-40)32-14-5-2-6-15-32/h1-28H. The van der Waals surface area contributed by atoms with E-state index in [0.717, 1.165) is 59.1 Å². The maximum Gasteiger partial charge on any atom is 0.227 e. The van der Waals surface area contributed by atoms with E-state index >= 15 is 0 Å². The van der Waals surface area contributed by atoms with E-state index in [1.807, 2.05) is 60.7 Å². The van der Waals surface area contributed by atoms with Crippen LogP contribution in [-0.2, 0) is 0 Å². The quantitative estimate of drug-likeness (QED) is 0.167. The zero-order valence-electron chi connectivity index (χ0n) is 28.8. The molecule has 11 aromatic rings. The summed E-state index contributed by atoms with van der Waals surface area (Å²) in [5, 5.41) is 7.16. The van der Waals surface area contributed by atoms with Gasteiger partial charge in [0.15, 0.2) is 23.1 Å². The van der Waals surface area contributed by atoms with Gasteiger partial charge in [-0.05, 0) is 63.0 Å². The molecule has 252 valence electrons. The normalized spacial score (nSPS) is 11.7. The highest BCUT2D eigenvalue weighted by molar-refractivity contribution is 7.26. The van der Waals surface area contributed by atoms with Crippen LogP contribution in [0.2, 0.25) is 0 Å². The molecule has 0 aliphatic rings. The van der Waals surface area contributed by atoms with Crippen LogP contribution < -0.4 is 0 Å². The molecular weight excluding hydrogens is 681 g/mol. The second kappa shape index (κ2) is 12.3. The molecule has 6 heteroatoms. The van der Waals surface area contributed by atoms with Crippen LogP contribution in [-0.4, -0.2) is 19.9 Å². The molecule has 3 aromatic heterocycles. The minimum Gasteiger partial charge on any atom is -0.436 e. The third-order valence-electron chi connectivity index (χ3n) is 10.2. The molecule has 0 amide bonds. The monoisotopic (exact) mass is 708 g/mol. The predicted molar refractivity (Wildman–Crippen MR) is 222 cm³/mol. The summed E-state index contributed by atoms with van der Waals surface area (Å²) in [5.74, 6) is 2.49. The summed E-state index contributed by atoms with van der Waals surface area (Å²) in [5.41, 5.74) is 7.68. The van der Waals surface area contributed by atoms with Crippen LogP contribution in [0.15, 0.2) is 174 Å². The Morgan fingerprint density at radius 3 is 1.80 bits per heavy atom. The smallest absolute Gasteiger partial charge is 0.227 e. The molecule has 54 heavy (non-hydrogen) atoms. The summed E-state index contributed by atoms with van der Waals surface area (Å²) in [7, 11) is 0. The Balaban J connectivity index is 1.06. The topological polar surface area (TPSA) is 64.7 Å². The summed E-state index contributed by atoms with van der Waals surface area (Å²) in [6, 6.07) is 58.9. The van der Waals surface area contributed by atoms with Gasteiger partial charge in [-0.15, -0.1) is 11.3 Å². The van der Waals surface area contributed by atoms with E-state index in [4.69, 9.17) is 24.4 Å². The maximum atomic E-state index is 6.24. The van der Waals surface area contributed by atoms with Crippen molar-refractivity contribution in [1.82, 2.24) is 19.9 Å². The first kappa shape index (κ1) is 30.6. The molecule has 5 nitrogen and oxygen atoms in total. The molecule has 8 aromatic carbocycles. The second-order valence-electron chi connectivity index (χ2n) is 13.4. The molecule has 0 radical (unpaired) electrons. The van der Waals surface area contributed by atoms with Crippen molar-refractivity contribution in [1.29, 1.82) is 0 Å². The van der Waals surface area contributed by atoms with Gasteiger partial charge in [-0.2, -0.15) is 0 Å². The number of thiophene rings is 1. The molecule has 0 aliphatic carbocycles. The van der Waals surface area contributed by atoms with Crippen LogP contribution >= 0.6 is 11.3 Å². The number of aromatic nitrogens is 4. The van der Waals surface area contributed by atoms with Gasteiger partial charge in [0.1, 0.15) is 5.52 Å². The lowest BCUT2D eigenvalue weighted by Gasteiger charge is -2.12. The minimum atomic E-state index is 0.613. The summed E-state index contributed by atoms with van der Waals surface area (Å²) in [6.07, 6.45) is 0. The van der Waals surface area contributed by atoms with E-state index in [9.17, 15) is 0 Å². The number of hydrogen-bond acceptors (Lipinski definition) is 6. The zero-order valence-corrected chi connectivity index (χ0v) is 29.6. The Morgan fingerprint density at radius 2 is 1.02 bits per heavy atom. The van der Waals surface area contributed by atoms with Crippen molar-refractivity contribution < 1.29 is 4.42 Å². The van der Waals surface area contributed by atoms with Gasteiger partial charge in [-0.1, -0.05) is 133 Å². The minimum absolute atomic E-state index is 0.613. The molecule has 11 rings (SSSR count). The van der Waals surface area contributed by atoms with E-state index in [1.54, 1.807) is 11.3 Å². The van der Waals surface area contributed by atoms with Crippen LogP contribution in [0.5, 0.6) is 0 Å². The molecule has 0 spiro atoms. The number of benzene rings is 8. The Labute approximate surface area is 313 Å². The largest absolute Gasteiger partial charge is 0.436 e. The number of oxazole rings is 1. The molecule has 0 saturated heterocycles. The van der Waals surface area contributed by atoms with Crippen molar-refractivity contribution in [3.63, 3.8) is 0 Å². The summed E-state index contributed by atoms with van der Waals surface area (Å²) < 4.78 is 8.51. The summed E-state index contributed by atoms with van der Waals surface area (Å²) in [6.45, 7) is 0. The Hall–Kier alpha value is -7.02. The van der Waals surface area contributed by atoms with Gasteiger partial charge >= 0.3 is 0 Å². The lowest BCUT2D eigenvalue weighted by atomic mass is 9.93. The van der Waals surface area contributed by atoms with Gasteiger partial charge in [0, 0.05) is 48.5 Å². The highest BCUT2D eigenvalue weighted by Gasteiger charge is 2.19. The molecular formula is C48H28N4OS. The first-order valence-electron chi connectivity index (χ1n) is 17.9. The molecule has 0 atom stereocenters. The van der Waals surface area contributed by atoms with Gasteiger partial charge in [-0.25, -0.2) is 19.9 Å². The van der Waals surface area contributed by atoms with Gasteiger partial charge in [-0.3, -0.25) is 0 Å². The average Bonchev–Trinajstić information content (AvgIpc) is 3.83. The van der Waals surface area contributed by atoms with E-state index in [-0.39, 0.29) is 0 Å². The number of fused-ring (bicyclic) bond motifs is 7. The van der Waals surface area contributed by atoms with Crippen LogP contribution in [0.3, 0.4) is 0 Å². The van der Waals surface area contributed by atoms with Crippen molar-refractivity contribution in [2.24, 2.45) is 0 Å². The Kier molecular flexibility index (Phi) is 6.97. The summed E-state index contributed by atoms with van der Waals surface area (Å²) >= 11 is 1.73. The highest BCUT2D eigenvalue weighted by Crippen LogP contribution is 2.42. The lowest BCUT2D eigenvalue weighted by Crippen LogP contribution is -2.00. The lowest BCUT2D eigenvalue weighted by molar-refractivity contribution is 0.620. The van der Waals surface area contributed by atoms with Crippen molar-refractivity contribution in [3.8, 4) is 56.7 Å². The molecule has 0 unspecified atom stereocenters. The fourth-order valence-electron chi connectivity index (χ4n) is 7.57. The van der Waals surface area contributed by atoms with E-state index in [2.05, 4.69) is 109 Å². The second-order valence-corrected chi connectivity index (χ2v) is 14.5. The van der Waals surface area contributed by atoms with E-state index in [1.165, 1.54) is 27.1 Å². The molecule has 0 aliphatic heterocycles. The molecule has 0 bridgehead atoms. The predicted octanol–water partition coefficient (Wildman–Crippen LogP) is 13.0. The third kappa shape index (κ3) is 5.07. The SMILES string of the molecule is c1ccc(-c2nc(-c3ccc(-c4cc5ccccc5c5ccccc45)cc3)nc(-c3cccc4sc5cc6oc(-c7ccccc7)nc6cc5c34)n2)cc1. The number of rotatable bonds is 5. The van der Waals surface area contributed by atoms with Crippen LogP contribution in [0, 0.1) is 0 Å². The van der Waals surface area contributed by atoms with Crippen LogP contribution in [0.4, 0.5) is 0 Å². The first-order valence-corrected chi connectivity index (χ1v) is 18.7. The molecule has 0 N–H and O–H groups in total. The van der Waals surface area contributed by atoms with Gasteiger partial charge < -0.3 is 4.42 Å². The van der Waals surface area contributed by atoms with Crippen molar-refractivity contribution in [2.75, 3.05) is 0 Å². The van der Waals surface area contributed by atoms with Crippen molar-refractivity contribution in [3.05, 3.63) is 170 Å². The van der Waals surface area contributed by atoms with Crippen molar-refractivity contribution in [2.45, 2.75) is 0 Å². The maximum absolute atomic E-state index is 6.24. The third-order valence-corrected chi connectivity index (χ3v) is 11.3. The summed E-state index contributed by atoms with van der Waals surface area (Å²) in [4.78, 5) is 20.2. The van der Waals surface area contributed by atoms with E-state index < -0.39 is 0 Å². The average molecular weight is 709 g/mol. The zero-order chi connectivity index (χ0) is 35.6. The first-order chi connectivity index (χ1) is 26.7. The Morgan fingerprint density at radius 1 is 0.389 bits per heavy atom. The van der Waals surface area contributed by atoms with Crippen LogP contribution in [0.1, 0.15) is 0 Å².